The molecule has 1 aromatic heterocycles. The molecule has 4 rings (SSSR count). The lowest BCUT2D eigenvalue weighted by molar-refractivity contribution is 0.612. The number of anilines is 5. The van der Waals surface area contributed by atoms with Crippen LogP contribution in [0.15, 0.2) is 84.9 Å². The van der Waals surface area contributed by atoms with Crippen LogP contribution in [0.25, 0.3) is 0 Å². The van der Waals surface area contributed by atoms with Crippen LogP contribution in [-0.2, 0) is 6.54 Å². The number of nitrogens with one attached hydrogen (secondary N) is 3. The van der Waals surface area contributed by atoms with Gasteiger partial charge >= 0.3 is 0 Å². The Bertz CT molecular complexity index is 1010. The molecule has 0 aliphatic heterocycles. The summed E-state index contributed by atoms with van der Waals surface area (Å²) in [7, 11) is 0. The second-order valence-electron chi connectivity index (χ2n) is 6.23. The highest BCUT2D eigenvalue weighted by Crippen LogP contribution is 2.19. The van der Waals surface area contributed by atoms with Crippen molar-refractivity contribution >= 4 is 29.2 Å². The summed E-state index contributed by atoms with van der Waals surface area (Å²) in [5.41, 5.74) is 2.23. The predicted octanol–water partition coefficient (Wildman–Crippen LogP) is 5.11. The molecule has 0 atom stereocenters. The molecule has 0 bridgehead atoms. The number of benzene rings is 3. The number of para-hydroxylation sites is 2. The lowest BCUT2D eigenvalue weighted by Crippen LogP contribution is -2.10. The van der Waals surface area contributed by atoms with Crippen molar-refractivity contribution in [2.24, 2.45) is 0 Å². The summed E-state index contributed by atoms with van der Waals surface area (Å²) in [4.78, 5) is 13.3. The Morgan fingerprint density at radius 3 is 1.62 bits per heavy atom. The second kappa shape index (κ2) is 8.79. The Kier molecular flexibility index (Phi) is 5.57. The number of rotatable bonds is 7. The molecular weight excluding hydrogens is 367 g/mol. The third-order valence-corrected chi connectivity index (χ3v) is 4.09. The van der Waals surface area contributed by atoms with Crippen molar-refractivity contribution in [1.29, 1.82) is 0 Å². The van der Waals surface area contributed by atoms with Crippen LogP contribution >= 0.6 is 0 Å². The molecule has 0 spiro atoms. The summed E-state index contributed by atoms with van der Waals surface area (Å²) in [6, 6.07) is 25.8. The zero-order valence-electron chi connectivity index (χ0n) is 15.5. The van der Waals surface area contributed by atoms with E-state index in [1.54, 1.807) is 18.2 Å². The van der Waals surface area contributed by atoms with E-state index in [2.05, 4.69) is 30.9 Å². The normalized spacial score (nSPS) is 10.4. The molecule has 3 aromatic carbocycles. The predicted molar refractivity (Wildman–Crippen MR) is 113 cm³/mol. The highest BCUT2D eigenvalue weighted by molar-refractivity contribution is 5.59. The van der Waals surface area contributed by atoms with Crippen molar-refractivity contribution in [1.82, 2.24) is 15.0 Å². The maximum atomic E-state index is 13.9. The molecule has 144 valence electrons. The number of hydrogen-bond donors (Lipinski definition) is 3. The molecule has 0 unspecified atom stereocenters. The molecule has 0 saturated carbocycles. The molecule has 29 heavy (non-hydrogen) atoms. The minimum Gasteiger partial charge on any atom is -0.350 e. The van der Waals surface area contributed by atoms with Crippen LogP contribution < -0.4 is 16.0 Å². The quantitative estimate of drug-likeness (QED) is 0.410. The summed E-state index contributed by atoms with van der Waals surface area (Å²) < 4.78 is 13.9. The van der Waals surface area contributed by atoms with Gasteiger partial charge in [0.15, 0.2) is 0 Å². The van der Waals surface area contributed by atoms with Gasteiger partial charge in [0.1, 0.15) is 5.82 Å². The van der Waals surface area contributed by atoms with Crippen LogP contribution in [0.2, 0.25) is 0 Å². The van der Waals surface area contributed by atoms with Crippen molar-refractivity contribution in [3.8, 4) is 0 Å². The Morgan fingerprint density at radius 1 is 0.586 bits per heavy atom. The van der Waals surface area contributed by atoms with Gasteiger partial charge in [0.2, 0.25) is 17.8 Å². The van der Waals surface area contributed by atoms with Crippen LogP contribution in [0.4, 0.5) is 33.6 Å². The van der Waals surface area contributed by atoms with E-state index in [1.165, 1.54) is 6.07 Å². The van der Waals surface area contributed by atoms with E-state index in [4.69, 9.17) is 0 Å². The van der Waals surface area contributed by atoms with Gasteiger partial charge in [-0.25, -0.2) is 4.39 Å². The average molecular weight is 386 g/mol. The zero-order valence-corrected chi connectivity index (χ0v) is 15.5. The van der Waals surface area contributed by atoms with E-state index < -0.39 is 0 Å². The molecule has 0 fully saturated rings. The fraction of sp³-hybridized carbons (Fsp3) is 0.0455. The summed E-state index contributed by atoms with van der Waals surface area (Å²) in [5, 5.41) is 9.40. The SMILES string of the molecule is Fc1ccccc1CNc1nc(Nc2ccccc2)nc(Nc2ccccc2)n1. The molecule has 3 N–H and O–H groups in total. The third kappa shape index (κ3) is 5.04. The lowest BCUT2D eigenvalue weighted by atomic mass is 10.2. The second-order valence-corrected chi connectivity index (χ2v) is 6.23. The molecule has 6 nitrogen and oxygen atoms in total. The van der Waals surface area contributed by atoms with Crippen LogP contribution in [0, 0.1) is 5.82 Å². The van der Waals surface area contributed by atoms with Crippen molar-refractivity contribution < 1.29 is 4.39 Å². The first-order valence-corrected chi connectivity index (χ1v) is 9.14. The van der Waals surface area contributed by atoms with E-state index in [9.17, 15) is 4.39 Å². The van der Waals surface area contributed by atoms with Gasteiger partial charge < -0.3 is 16.0 Å². The molecule has 0 amide bonds. The number of aromatic nitrogens is 3. The van der Waals surface area contributed by atoms with Gasteiger partial charge in [0.25, 0.3) is 0 Å². The summed E-state index contributed by atoms with van der Waals surface area (Å²) in [6.07, 6.45) is 0. The Balaban J connectivity index is 1.59. The van der Waals surface area contributed by atoms with E-state index in [1.807, 2.05) is 60.7 Å². The first-order chi connectivity index (χ1) is 14.3. The molecule has 0 radical (unpaired) electrons. The molecule has 4 aromatic rings. The van der Waals surface area contributed by atoms with E-state index >= 15 is 0 Å². The third-order valence-electron chi connectivity index (χ3n) is 4.09. The van der Waals surface area contributed by atoms with Crippen LogP contribution in [0.3, 0.4) is 0 Å². The Morgan fingerprint density at radius 2 is 1.07 bits per heavy atom. The fourth-order valence-corrected chi connectivity index (χ4v) is 2.68. The van der Waals surface area contributed by atoms with Crippen molar-refractivity contribution in [2.45, 2.75) is 6.54 Å². The standard InChI is InChI=1S/C22H19FN6/c23-19-14-8-7-9-16(19)15-24-20-27-21(25-17-10-3-1-4-11-17)29-22(28-20)26-18-12-5-2-6-13-18/h1-14H,15H2,(H3,24,25,26,27,28,29). The maximum Gasteiger partial charge on any atom is 0.233 e. The topological polar surface area (TPSA) is 74.8 Å². The first-order valence-electron chi connectivity index (χ1n) is 9.14. The highest BCUT2D eigenvalue weighted by atomic mass is 19.1. The van der Waals surface area contributed by atoms with Gasteiger partial charge in [0, 0.05) is 23.5 Å². The molecule has 0 saturated heterocycles. The van der Waals surface area contributed by atoms with Gasteiger partial charge in [0.05, 0.1) is 0 Å². The van der Waals surface area contributed by atoms with Crippen LogP contribution in [0.1, 0.15) is 5.56 Å². The highest BCUT2D eigenvalue weighted by Gasteiger charge is 2.09. The minimum absolute atomic E-state index is 0.256. The Hall–Kier alpha value is -4.00. The largest absolute Gasteiger partial charge is 0.350 e. The lowest BCUT2D eigenvalue weighted by Gasteiger charge is -2.12. The van der Waals surface area contributed by atoms with Gasteiger partial charge in [-0.1, -0.05) is 54.6 Å². The summed E-state index contributed by atoms with van der Waals surface area (Å²) in [5.74, 6) is 0.806. The monoisotopic (exact) mass is 386 g/mol. The summed E-state index contributed by atoms with van der Waals surface area (Å²) >= 11 is 0. The van der Waals surface area contributed by atoms with Gasteiger partial charge in [-0.05, 0) is 30.3 Å². The molecule has 0 aliphatic rings. The van der Waals surface area contributed by atoms with Crippen molar-refractivity contribution in [3.05, 3.63) is 96.3 Å². The smallest absolute Gasteiger partial charge is 0.233 e. The minimum atomic E-state index is -0.278. The molecular formula is C22H19FN6. The fourth-order valence-electron chi connectivity index (χ4n) is 2.68. The zero-order chi connectivity index (χ0) is 19.9. The molecule has 1 heterocycles. The average Bonchev–Trinajstić information content (AvgIpc) is 2.74. The van der Waals surface area contributed by atoms with Crippen LogP contribution in [-0.4, -0.2) is 15.0 Å². The molecule has 0 aliphatic carbocycles. The van der Waals surface area contributed by atoms with Gasteiger partial charge in [-0.15, -0.1) is 0 Å². The van der Waals surface area contributed by atoms with Crippen LogP contribution in [0.5, 0.6) is 0 Å². The molecule has 7 heteroatoms. The van der Waals surface area contributed by atoms with E-state index in [0.29, 0.717) is 23.4 Å². The Labute approximate surface area is 167 Å². The summed E-state index contributed by atoms with van der Waals surface area (Å²) in [6.45, 7) is 0.256. The van der Waals surface area contributed by atoms with Crippen molar-refractivity contribution in [3.63, 3.8) is 0 Å². The van der Waals surface area contributed by atoms with E-state index in [0.717, 1.165) is 11.4 Å². The maximum absolute atomic E-state index is 13.9. The van der Waals surface area contributed by atoms with E-state index in [-0.39, 0.29) is 12.4 Å². The number of halogens is 1. The number of nitrogens with zero attached hydrogens (tertiary/aromatic N) is 3. The number of hydrogen-bond acceptors (Lipinski definition) is 6. The van der Waals surface area contributed by atoms with Crippen molar-refractivity contribution in [2.75, 3.05) is 16.0 Å². The van der Waals surface area contributed by atoms with Gasteiger partial charge in [-0.3, -0.25) is 0 Å². The van der Waals surface area contributed by atoms with Gasteiger partial charge in [-0.2, -0.15) is 15.0 Å². The first kappa shape index (κ1) is 18.4.